The molecule has 0 amide bonds. The normalized spacial score (nSPS) is 9.89. The summed E-state index contributed by atoms with van der Waals surface area (Å²) in [5.41, 5.74) is 2.27. The van der Waals surface area contributed by atoms with E-state index in [0.717, 1.165) is 5.56 Å². The van der Waals surface area contributed by atoms with Crippen molar-refractivity contribution in [2.45, 2.75) is 5.75 Å². The zero-order valence-electron chi connectivity index (χ0n) is 9.97. The molecule has 0 N–H and O–H groups in total. The molecular formula is C15H10ClNOS. The van der Waals surface area contributed by atoms with E-state index in [1.54, 1.807) is 36.4 Å². The Labute approximate surface area is 121 Å². The molecule has 0 aliphatic carbocycles. The third-order valence-electron chi connectivity index (χ3n) is 2.63. The van der Waals surface area contributed by atoms with Crippen molar-refractivity contribution in [3.63, 3.8) is 0 Å². The highest BCUT2D eigenvalue weighted by molar-refractivity contribution is 8.02. The monoisotopic (exact) mass is 287 g/mol. The van der Waals surface area contributed by atoms with Gasteiger partial charge in [-0.15, -0.1) is 0 Å². The van der Waals surface area contributed by atoms with Gasteiger partial charge in [0, 0.05) is 21.9 Å². The van der Waals surface area contributed by atoms with Crippen LogP contribution < -0.4 is 0 Å². The highest BCUT2D eigenvalue weighted by Crippen LogP contribution is 2.16. The zero-order chi connectivity index (χ0) is 13.7. The summed E-state index contributed by atoms with van der Waals surface area (Å²) < 4.78 is 0. The fourth-order valence-corrected chi connectivity index (χ4v) is 2.19. The Balaban J connectivity index is 2.16. The molecule has 2 nitrogen and oxygen atoms in total. The summed E-state index contributed by atoms with van der Waals surface area (Å²) in [4.78, 5) is 12.2. The lowest BCUT2D eigenvalue weighted by Crippen LogP contribution is -2.00. The molecule has 0 bridgehead atoms. The first-order valence-corrected chi connectivity index (χ1v) is 6.97. The smallest absolute Gasteiger partial charge is 0.193 e. The predicted molar refractivity (Wildman–Crippen MR) is 78.2 cm³/mol. The molecule has 0 saturated carbocycles. The number of ketones is 1. The summed E-state index contributed by atoms with van der Waals surface area (Å²) in [5, 5.41) is 11.1. The number of hydrogen-bond acceptors (Lipinski definition) is 3. The van der Waals surface area contributed by atoms with Crippen molar-refractivity contribution in [3.8, 4) is 5.40 Å². The molecule has 0 aliphatic heterocycles. The lowest BCUT2D eigenvalue weighted by atomic mass is 10.0. The number of carbonyl (C=O) groups excluding carboxylic acids is 1. The molecule has 0 aliphatic rings. The number of rotatable bonds is 4. The van der Waals surface area contributed by atoms with Crippen LogP contribution in [0.5, 0.6) is 0 Å². The molecule has 4 heteroatoms. The van der Waals surface area contributed by atoms with Gasteiger partial charge in [0.25, 0.3) is 0 Å². The van der Waals surface area contributed by atoms with E-state index in [9.17, 15) is 4.79 Å². The molecule has 0 spiro atoms. The second kappa shape index (κ2) is 6.42. The van der Waals surface area contributed by atoms with Crippen LogP contribution in [0.2, 0.25) is 5.02 Å². The third kappa shape index (κ3) is 3.60. The maximum absolute atomic E-state index is 12.2. The zero-order valence-corrected chi connectivity index (χ0v) is 11.5. The van der Waals surface area contributed by atoms with Crippen LogP contribution >= 0.6 is 23.4 Å². The standard InChI is InChI=1S/C15H10ClNOS/c16-14-7-5-13(6-8-14)15(18)12-3-1-11(2-4-12)9-19-10-17/h1-8H,9H2. The van der Waals surface area contributed by atoms with Crippen molar-refractivity contribution in [2.75, 3.05) is 0 Å². The molecule has 0 radical (unpaired) electrons. The van der Waals surface area contributed by atoms with Gasteiger partial charge in [-0.25, -0.2) is 0 Å². The second-order valence-electron chi connectivity index (χ2n) is 3.91. The van der Waals surface area contributed by atoms with Crippen molar-refractivity contribution in [2.24, 2.45) is 0 Å². The Kier molecular flexibility index (Phi) is 4.62. The Bertz CT molecular complexity index is 614. The van der Waals surface area contributed by atoms with E-state index in [-0.39, 0.29) is 5.78 Å². The van der Waals surface area contributed by atoms with E-state index in [0.29, 0.717) is 21.9 Å². The molecule has 0 unspecified atom stereocenters. The molecule has 94 valence electrons. The summed E-state index contributed by atoms with van der Waals surface area (Å²) in [5.74, 6) is 0.600. The van der Waals surface area contributed by atoms with Crippen molar-refractivity contribution < 1.29 is 4.79 Å². The van der Waals surface area contributed by atoms with Gasteiger partial charge in [0.15, 0.2) is 5.78 Å². The SMILES string of the molecule is N#CSCc1ccc(C(=O)c2ccc(Cl)cc2)cc1. The van der Waals surface area contributed by atoms with Gasteiger partial charge in [-0.3, -0.25) is 4.79 Å². The van der Waals surface area contributed by atoms with Gasteiger partial charge in [-0.1, -0.05) is 35.9 Å². The van der Waals surface area contributed by atoms with Gasteiger partial charge in [-0.2, -0.15) is 5.26 Å². The lowest BCUT2D eigenvalue weighted by molar-refractivity contribution is 0.103. The summed E-state index contributed by atoms with van der Waals surface area (Å²) in [7, 11) is 0. The van der Waals surface area contributed by atoms with Crippen LogP contribution in [0, 0.1) is 10.7 Å². The molecule has 2 aromatic rings. The Morgan fingerprint density at radius 2 is 1.58 bits per heavy atom. The first-order chi connectivity index (χ1) is 9.20. The summed E-state index contributed by atoms with van der Waals surface area (Å²) in [6.07, 6.45) is 0. The minimum absolute atomic E-state index is 0.0313. The van der Waals surface area contributed by atoms with Crippen LogP contribution in [-0.2, 0) is 5.75 Å². The Morgan fingerprint density at radius 3 is 2.11 bits per heavy atom. The molecule has 19 heavy (non-hydrogen) atoms. The lowest BCUT2D eigenvalue weighted by Gasteiger charge is -2.03. The fourth-order valence-electron chi connectivity index (χ4n) is 1.64. The Morgan fingerprint density at radius 1 is 1.05 bits per heavy atom. The van der Waals surface area contributed by atoms with E-state index < -0.39 is 0 Å². The Hall–Kier alpha value is -1.76. The summed E-state index contributed by atoms with van der Waals surface area (Å²) >= 11 is 6.97. The van der Waals surface area contributed by atoms with Crippen molar-refractivity contribution in [3.05, 3.63) is 70.2 Å². The van der Waals surface area contributed by atoms with Gasteiger partial charge in [0.05, 0.1) is 0 Å². The van der Waals surface area contributed by atoms with Crippen LogP contribution in [0.3, 0.4) is 0 Å². The van der Waals surface area contributed by atoms with Crippen LogP contribution in [0.1, 0.15) is 21.5 Å². The van der Waals surface area contributed by atoms with E-state index in [2.05, 4.69) is 0 Å². The number of benzene rings is 2. The van der Waals surface area contributed by atoms with E-state index in [1.165, 1.54) is 11.8 Å². The number of halogens is 1. The van der Waals surface area contributed by atoms with Crippen LogP contribution in [0.25, 0.3) is 0 Å². The minimum Gasteiger partial charge on any atom is -0.289 e. The van der Waals surface area contributed by atoms with Gasteiger partial charge in [-0.05, 0) is 41.6 Å². The second-order valence-corrected chi connectivity index (χ2v) is 5.11. The van der Waals surface area contributed by atoms with Crippen LogP contribution in [-0.4, -0.2) is 5.78 Å². The molecular weight excluding hydrogens is 278 g/mol. The van der Waals surface area contributed by atoms with Crippen LogP contribution in [0.4, 0.5) is 0 Å². The third-order valence-corrected chi connectivity index (χ3v) is 3.48. The molecule has 0 aromatic heterocycles. The fraction of sp³-hybridized carbons (Fsp3) is 0.0667. The first kappa shape index (κ1) is 13.7. The molecule has 0 heterocycles. The maximum Gasteiger partial charge on any atom is 0.193 e. The average molecular weight is 288 g/mol. The number of nitriles is 1. The van der Waals surface area contributed by atoms with Crippen molar-refractivity contribution in [1.29, 1.82) is 5.26 Å². The number of carbonyl (C=O) groups is 1. The highest BCUT2D eigenvalue weighted by atomic mass is 35.5. The van der Waals surface area contributed by atoms with E-state index in [1.807, 2.05) is 17.5 Å². The van der Waals surface area contributed by atoms with Gasteiger partial charge in [0.1, 0.15) is 5.40 Å². The van der Waals surface area contributed by atoms with Crippen LogP contribution in [0.15, 0.2) is 48.5 Å². The average Bonchev–Trinajstić information content (AvgIpc) is 2.46. The molecule has 0 fully saturated rings. The summed E-state index contributed by atoms with van der Waals surface area (Å²) in [6, 6.07) is 14.1. The quantitative estimate of drug-likeness (QED) is 0.622. The maximum atomic E-state index is 12.2. The van der Waals surface area contributed by atoms with Gasteiger partial charge >= 0.3 is 0 Å². The van der Waals surface area contributed by atoms with E-state index >= 15 is 0 Å². The molecule has 2 aromatic carbocycles. The molecule has 2 rings (SSSR count). The number of thioether (sulfide) groups is 1. The molecule has 0 saturated heterocycles. The van der Waals surface area contributed by atoms with E-state index in [4.69, 9.17) is 16.9 Å². The largest absolute Gasteiger partial charge is 0.289 e. The molecule has 0 atom stereocenters. The van der Waals surface area contributed by atoms with Crippen molar-refractivity contribution in [1.82, 2.24) is 0 Å². The number of nitrogens with zero attached hydrogens (tertiary/aromatic N) is 1. The minimum atomic E-state index is -0.0313. The topological polar surface area (TPSA) is 40.9 Å². The predicted octanol–water partition coefficient (Wildman–Crippen LogP) is 4.29. The number of hydrogen-bond donors (Lipinski definition) is 0. The van der Waals surface area contributed by atoms with Crippen molar-refractivity contribution >= 4 is 29.1 Å². The highest BCUT2D eigenvalue weighted by Gasteiger charge is 2.08. The summed E-state index contributed by atoms with van der Waals surface area (Å²) in [6.45, 7) is 0. The first-order valence-electron chi connectivity index (χ1n) is 5.61. The number of thiocyanates is 1. The van der Waals surface area contributed by atoms with Gasteiger partial charge < -0.3 is 0 Å². The van der Waals surface area contributed by atoms with Gasteiger partial charge in [0.2, 0.25) is 0 Å².